The van der Waals surface area contributed by atoms with Gasteiger partial charge in [-0.3, -0.25) is 0 Å². The first-order valence-corrected chi connectivity index (χ1v) is 5.45. The molecule has 0 saturated heterocycles. The van der Waals surface area contributed by atoms with Crippen molar-refractivity contribution in [1.82, 2.24) is 0 Å². The van der Waals surface area contributed by atoms with Gasteiger partial charge in [-0.25, -0.2) is 4.79 Å². The number of rotatable bonds is 4. The Labute approximate surface area is 151 Å². The second kappa shape index (κ2) is 7.76. The molecule has 0 atom stereocenters. The molecule has 1 aromatic rings. The van der Waals surface area contributed by atoms with Crippen LogP contribution in [-0.2, 0) is 9.53 Å². The van der Waals surface area contributed by atoms with Crippen LogP contribution in [0.2, 0.25) is 5.02 Å². The van der Waals surface area contributed by atoms with Crippen molar-refractivity contribution < 1.29 is 67.1 Å². The Morgan fingerprint density at radius 1 is 1.35 bits per heavy atom. The fraction of sp³-hybridized carbons (Fsp3) is 0.417. The third-order valence-electron chi connectivity index (χ3n) is 1.95. The minimum atomic E-state index is -0.996. The zero-order valence-electron chi connectivity index (χ0n) is 11.6. The molecule has 0 aromatic heterocycles. The fourth-order valence-corrected chi connectivity index (χ4v) is 1.27. The summed E-state index contributed by atoms with van der Waals surface area (Å²) in [5, 5.41) is 0.626. The minimum Gasteiger partial charge on any atom is -1.00 e. The van der Waals surface area contributed by atoms with Crippen LogP contribution in [0, 0.1) is 0 Å². The summed E-state index contributed by atoms with van der Waals surface area (Å²) in [6, 6.07) is 6.84. The van der Waals surface area contributed by atoms with Gasteiger partial charge in [-0.15, -0.1) is 0 Å². The third-order valence-corrected chi connectivity index (χ3v) is 2.21. The van der Waals surface area contributed by atoms with Crippen LogP contribution in [-0.4, -0.2) is 18.2 Å². The summed E-state index contributed by atoms with van der Waals surface area (Å²) in [4.78, 5) is 11.6. The SMILES string of the molecule is CCOC(=O)C(C)(C)Oc1ccc(Cl)cc1.[H-].[K+]. The molecule has 0 spiro atoms. The summed E-state index contributed by atoms with van der Waals surface area (Å²) in [7, 11) is 0. The van der Waals surface area contributed by atoms with E-state index in [1.807, 2.05) is 0 Å². The number of esters is 1. The number of ether oxygens (including phenoxy) is 2. The molecule has 17 heavy (non-hydrogen) atoms. The number of benzene rings is 1. The van der Waals surface area contributed by atoms with Gasteiger partial charge in [0.05, 0.1) is 6.61 Å². The molecule has 0 heterocycles. The van der Waals surface area contributed by atoms with E-state index in [1.54, 1.807) is 45.0 Å². The Hall–Kier alpha value is 0.416. The predicted octanol–water partition coefficient (Wildman–Crippen LogP) is 0.177. The van der Waals surface area contributed by atoms with Gasteiger partial charge in [0, 0.05) is 5.02 Å². The van der Waals surface area contributed by atoms with Crippen molar-refractivity contribution in [3.05, 3.63) is 29.3 Å². The zero-order chi connectivity index (χ0) is 12.2. The molecular weight excluding hydrogens is 267 g/mol. The van der Waals surface area contributed by atoms with E-state index in [0.29, 0.717) is 17.4 Å². The molecule has 1 rings (SSSR count). The largest absolute Gasteiger partial charge is 1.00 e. The molecule has 0 bridgehead atoms. The standard InChI is InChI=1S/C12H15ClO3.K.H/c1-4-15-11(14)12(2,3)16-10-7-5-9(13)6-8-10;;/h5-8H,4H2,1-3H3;;/q;+1;-1. The number of carbonyl (C=O) groups excluding carboxylic acids is 1. The molecule has 0 amide bonds. The number of hydrogen-bond acceptors (Lipinski definition) is 3. The van der Waals surface area contributed by atoms with Crippen LogP contribution in [0.3, 0.4) is 0 Å². The van der Waals surface area contributed by atoms with Crippen LogP contribution in [0.15, 0.2) is 24.3 Å². The van der Waals surface area contributed by atoms with Gasteiger partial charge < -0.3 is 10.9 Å². The predicted molar refractivity (Wildman–Crippen MR) is 63.9 cm³/mol. The quantitative estimate of drug-likeness (QED) is 0.584. The Morgan fingerprint density at radius 3 is 2.35 bits per heavy atom. The fourth-order valence-electron chi connectivity index (χ4n) is 1.14. The van der Waals surface area contributed by atoms with Gasteiger partial charge in [-0.1, -0.05) is 11.6 Å². The molecule has 0 saturated carbocycles. The Morgan fingerprint density at radius 2 is 1.88 bits per heavy atom. The van der Waals surface area contributed by atoms with Crippen LogP contribution in [0.1, 0.15) is 22.2 Å². The van der Waals surface area contributed by atoms with Crippen molar-refractivity contribution in [3.8, 4) is 5.75 Å². The molecule has 1 aromatic carbocycles. The maximum atomic E-state index is 11.6. The number of halogens is 1. The van der Waals surface area contributed by atoms with Crippen molar-refractivity contribution in [3.63, 3.8) is 0 Å². The summed E-state index contributed by atoms with van der Waals surface area (Å²) in [6.07, 6.45) is 0. The van der Waals surface area contributed by atoms with E-state index < -0.39 is 5.60 Å². The van der Waals surface area contributed by atoms with Crippen LogP contribution in [0.5, 0.6) is 5.75 Å². The van der Waals surface area contributed by atoms with Crippen molar-refractivity contribution in [2.45, 2.75) is 26.4 Å². The van der Waals surface area contributed by atoms with Crippen LogP contribution >= 0.6 is 11.6 Å². The smallest absolute Gasteiger partial charge is 1.00 e. The average Bonchev–Trinajstić information content (AvgIpc) is 2.21. The van der Waals surface area contributed by atoms with E-state index in [4.69, 9.17) is 21.1 Å². The Bertz CT molecular complexity index is 368. The van der Waals surface area contributed by atoms with Gasteiger partial charge in [0.15, 0.2) is 5.60 Å². The summed E-state index contributed by atoms with van der Waals surface area (Å²) in [5.74, 6) is 0.201. The topological polar surface area (TPSA) is 35.5 Å². The van der Waals surface area contributed by atoms with Gasteiger partial charge in [-0.2, -0.15) is 0 Å². The second-order valence-corrected chi connectivity index (χ2v) is 4.22. The zero-order valence-corrected chi connectivity index (χ0v) is 14.5. The Kier molecular flexibility index (Phi) is 7.95. The first-order chi connectivity index (χ1) is 7.45. The molecule has 0 aliphatic carbocycles. The third kappa shape index (κ3) is 5.72. The van der Waals surface area contributed by atoms with Crippen LogP contribution in [0.4, 0.5) is 0 Å². The molecule has 3 nitrogen and oxygen atoms in total. The summed E-state index contributed by atoms with van der Waals surface area (Å²) in [5.41, 5.74) is -0.996. The first kappa shape index (κ1) is 17.4. The molecular formula is C12H16ClKO3. The van der Waals surface area contributed by atoms with E-state index in [-0.39, 0.29) is 58.8 Å². The molecule has 0 N–H and O–H groups in total. The molecule has 0 aliphatic rings. The summed E-state index contributed by atoms with van der Waals surface area (Å²) < 4.78 is 10.5. The van der Waals surface area contributed by atoms with Gasteiger partial charge in [0.1, 0.15) is 5.75 Å². The van der Waals surface area contributed by atoms with Gasteiger partial charge in [0.25, 0.3) is 0 Å². The van der Waals surface area contributed by atoms with Crippen molar-refractivity contribution in [2.24, 2.45) is 0 Å². The van der Waals surface area contributed by atoms with Crippen LogP contribution in [0.25, 0.3) is 0 Å². The van der Waals surface area contributed by atoms with Crippen molar-refractivity contribution >= 4 is 17.6 Å². The number of hydrogen-bond donors (Lipinski definition) is 0. The van der Waals surface area contributed by atoms with Gasteiger partial charge >= 0.3 is 57.4 Å². The van der Waals surface area contributed by atoms with Crippen molar-refractivity contribution in [1.29, 1.82) is 0 Å². The summed E-state index contributed by atoms with van der Waals surface area (Å²) >= 11 is 5.75. The van der Waals surface area contributed by atoms with E-state index in [2.05, 4.69) is 0 Å². The molecule has 0 radical (unpaired) electrons. The van der Waals surface area contributed by atoms with Gasteiger partial charge in [0.2, 0.25) is 0 Å². The molecule has 90 valence electrons. The molecule has 5 heteroatoms. The van der Waals surface area contributed by atoms with E-state index in [1.165, 1.54) is 0 Å². The molecule has 0 fully saturated rings. The Balaban J connectivity index is 0. The monoisotopic (exact) mass is 282 g/mol. The minimum absolute atomic E-state index is 0. The summed E-state index contributed by atoms with van der Waals surface area (Å²) in [6.45, 7) is 5.43. The van der Waals surface area contributed by atoms with Crippen molar-refractivity contribution in [2.75, 3.05) is 6.61 Å². The number of carbonyl (C=O) groups is 1. The van der Waals surface area contributed by atoms with E-state index >= 15 is 0 Å². The maximum Gasteiger partial charge on any atom is 1.00 e. The first-order valence-electron chi connectivity index (χ1n) is 5.07. The maximum absolute atomic E-state index is 11.6. The van der Waals surface area contributed by atoms with E-state index in [0.717, 1.165) is 0 Å². The van der Waals surface area contributed by atoms with Gasteiger partial charge in [-0.05, 0) is 45.0 Å². The molecule has 0 aliphatic heterocycles. The van der Waals surface area contributed by atoms with E-state index in [9.17, 15) is 4.79 Å². The second-order valence-electron chi connectivity index (χ2n) is 3.79. The molecule has 0 unspecified atom stereocenters. The van der Waals surface area contributed by atoms with Crippen LogP contribution < -0.4 is 56.1 Å². The average molecular weight is 283 g/mol. The normalized spacial score (nSPS) is 10.4.